The maximum atomic E-state index is 13.6. The van der Waals surface area contributed by atoms with Crippen molar-refractivity contribution in [3.8, 4) is 0 Å². The van der Waals surface area contributed by atoms with Crippen LogP contribution >= 0.6 is 7.14 Å². The van der Waals surface area contributed by atoms with Gasteiger partial charge in [0.15, 0.2) is 0 Å². The van der Waals surface area contributed by atoms with E-state index in [4.69, 9.17) is 4.74 Å². The Labute approximate surface area is 113 Å². The van der Waals surface area contributed by atoms with Gasteiger partial charge in [0.05, 0.1) is 12.2 Å². The van der Waals surface area contributed by atoms with Crippen LogP contribution in [0, 0.1) is 0 Å². The Morgan fingerprint density at radius 2 is 1.42 bits per heavy atom. The summed E-state index contributed by atoms with van der Waals surface area (Å²) in [5, 5.41) is 1.83. The van der Waals surface area contributed by atoms with E-state index >= 15 is 0 Å². The van der Waals surface area contributed by atoms with Crippen LogP contribution < -0.4 is 10.6 Å². The quantitative estimate of drug-likeness (QED) is 0.632. The molecule has 1 heterocycles. The van der Waals surface area contributed by atoms with Crippen LogP contribution in [-0.2, 0) is 9.30 Å². The Hall–Kier alpha value is -1.37. The van der Waals surface area contributed by atoms with E-state index in [0.717, 1.165) is 10.6 Å². The van der Waals surface area contributed by atoms with Gasteiger partial charge in [0.2, 0.25) is 0 Å². The number of hydrogen-bond acceptors (Lipinski definition) is 2. The van der Waals surface area contributed by atoms with Crippen molar-refractivity contribution in [2.24, 2.45) is 0 Å². The lowest BCUT2D eigenvalue weighted by Gasteiger charge is -2.21. The van der Waals surface area contributed by atoms with Crippen LogP contribution in [-0.4, -0.2) is 18.4 Å². The van der Waals surface area contributed by atoms with Gasteiger partial charge in [-0.25, -0.2) is 0 Å². The van der Waals surface area contributed by atoms with E-state index in [2.05, 4.69) is 0 Å². The van der Waals surface area contributed by atoms with Gasteiger partial charge < -0.3 is 9.30 Å². The summed E-state index contributed by atoms with van der Waals surface area (Å²) in [4.78, 5) is 0. The third-order valence-corrected chi connectivity index (χ3v) is 6.92. The molecule has 0 N–H and O–H groups in total. The van der Waals surface area contributed by atoms with Crippen molar-refractivity contribution in [2.45, 2.75) is 12.5 Å². The van der Waals surface area contributed by atoms with Crippen molar-refractivity contribution in [3.05, 3.63) is 60.7 Å². The van der Waals surface area contributed by atoms with Crippen LogP contribution in [0.15, 0.2) is 60.7 Å². The summed E-state index contributed by atoms with van der Waals surface area (Å²) in [7, 11) is -2.61. The lowest BCUT2D eigenvalue weighted by Crippen LogP contribution is -2.25. The van der Waals surface area contributed by atoms with E-state index in [1.54, 1.807) is 0 Å². The second-order valence-electron chi connectivity index (χ2n) is 5.31. The number of ether oxygens (including phenoxy) is 1. The molecule has 2 nitrogen and oxygen atoms in total. The molecule has 0 aliphatic carbocycles. The lowest BCUT2D eigenvalue weighted by atomic mass is 10.3. The van der Waals surface area contributed by atoms with Gasteiger partial charge in [0.1, 0.15) is 7.14 Å². The first-order chi connectivity index (χ1) is 9.12. The van der Waals surface area contributed by atoms with E-state index in [1.165, 1.54) is 0 Å². The van der Waals surface area contributed by atoms with Gasteiger partial charge in [-0.2, -0.15) is 0 Å². The van der Waals surface area contributed by atoms with Crippen molar-refractivity contribution in [1.29, 1.82) is 0 Å². The van der Waals surface area contributed by atoms with Crippen LogP contribution in [0.2, 0.25) is 0 Å². The SMILES string of the molecule is C[C@]1(CP(=O)(c2ccccc2)c2ccccc2)CO1. The van der Waals surface area contributed by atoms with Crippen LogP contribution in [0.25, 0.3) is 0 Å². The Morgan fingerprint density at radius 1 is 1.00 bits per heavy atom. The monoisotopic (exact) mass is 272 g/mol. The van der Waals surface area contributed by atoms with Crippen LogP contribution in [0.4, 0.5) is 0 Å². The van der Waals surface area contributed by atoms with Crippen LogP contribution in [0.1, 0.15) is 6.92 Å². The molecule has 2 aromatic carbocycles. The molecule has 1 aliphatic rings. The average molecular weight is 272 g/mol. The third kappa shape index (κ3) is 2.51. The van der Waals surface area contributed by atoms with Gasteiger partial charge in [0.25, 0.3) is 0 Å². The molecule has 0 aromatic heterocycles. The predicted molar refractivity (Wildman–Crippen MR) is 79.0 cm³/mol. The van der Waals surface area contributed by atoms with Gasteiger partial charge in [0, 0.05) is 16.8 Å². The van der Waals surface area contributed by atoms with E-state index in [0.29, 0.717) is 12.8 Å². The zero-order chi connectivity index (χ0) is 13.3. The molecule has 1 aliphatic heterocycles. The smallest absolute Gasteiger partial charge is 0.146 e. The molecule has 0 radical (unpaired) electrons. The summed E-state index contributed by atoms with van der Waals surface area (Å²) in [5.41, 5.74) is -0.221. The second kappa shape index (κ2) is 4.63. The molecule has 3 rings (SSSR count). The Balaban J connectivity index is 2.08. The largest absolute Gasteiger partial charge is 0.369 e. The molecular formula is C16H17O2P. The normalized spacial score (nSPS) is 22.2. The molecule has 19 heavy (non-hydrogen) atoms. The zero-order valence-corrected chi connectivity index (χ0v) is 11.8. The molecule has 0 saturated carbocycles. The van der Waals surface area contributed by atoms with E-state index in [1.807, 2.05) is 67.6 Å². The Morgan fingerprint density at radius 3 is 1.79 bits per heavy atom. The molecule has 0 spiro atoms. The maximum Gasteiger partial charge on any atom is 0.146 e. The standard InChI is InChI=1S/C16H17O2P/c1-16(12-18-16)13-19(17,14-8-4-2-5-9-14)15-10-6-3-7-11-15/h2-11H,12-13H2,1H3/t16-/m1/s1. The third-order valence-electron chi connectivity index (χ3n) is 3.54. The first-order valence-corrected chi connectivity index (χ1v) is 8.36. The predicted octanol–water partition coefficient (Wildman–Crippen LogP) is 2.79. The summed E-state index contributed by atoms with van der Waals surface area (Å²) in [6.07, 6.45) is 0.577. The topological polar surface area (TPSA) is 29.6 Å². The molecule has 1 atom stereocenters. The maximum absolute atomic E-state index is 13.6. The molecule has 1 saturated heterocycles. The first-order valence-electron chi connectivity index (χ1n) is 6.47. The van der Waals surface area contributed by atoms with Gasteiger partial charge in [-0.1, -0.05) is 60.7 Å². The minimum Gasteiger partial charge on any atom is -0.369 e. The molecule has 2 aromatic rings. The lowest BCUT2D eigenvalue weighted by molar-refractivity contribution is 0.345. The highest BCUT2D eigenvalue weighted by atomic mass is 31.2. The number of hydrogen-bond donors (Lipinski definition) is 0. The molecule has 1 fully saturated rings. The highest BCUT2D eigenvalue weighted by Gasteiger charge is 2.46. The van der Waals surface area contributed by atoms with Gasteiger partial charge in [-0.3, -0.25) is 0 Å². The Kier molecular flexibility index (Phi) is 3.08. The molecular weight excluding hydrogens is 255 g/mol. The summed E-state index contributed by atoms with van der Waals surface area (Å²) in [6.45, 7) is 2.74. The minimum absolute atomic E-state index is 0.221. The van der Waals surface area contributed by atoms with Crippen molar-refractivity contribution in [1.82, 2.24) is 0 Å². The highest BCUT2D eigenvalue weighted by molar-refractivity contribution is 7.78. The van der Waals surface area contributed by atoms with Crippen molar-refractivity contribution in [3.63, 3.8) is 0 Å². The second-order valence-corrected chi connectivity index (χ2v) is 8.14. The van der Waals surface area contributed by atoms with Crippen molar-refractivity contribution in [2.75, 3.05) is 12.8 Å². The van der Waals surface area contributed by atoms with E-state index < -0.39 is 7.14 Å². The summed E-state index contributed by atoms with van der Waals surface area (Å²) < 4.78 is 19.1. The van der Waals surface area contributed by atoms with Crippen LogP contribution in [0.5, 0.6) is 0 Å². The van der Waals surface area contributed by atoms with Gasteiger partial charge in [-0.05, 0) is 6.92 Å². The van der Waals surface area contributed by atoms with E-state index in [-0.39, 0.29) is 5.60 Å². The molecule has 0 unspecified atom stereocenters. The summed E-state index contributed by atoms with van der Waals surface area (Å²) in [5.74, 6) is 0. The molecule has 98 valence electrons. The fourth-order valence-electron chi connectivity index (χ4n) is 2.35. The molecule has 0 amide bonds. The number of benzene rings is 2. The summed E-state index contributed by atoms with van der Waals surface area (Å²) >= 11 is 0. The Bertz CT molecular complexity index is 560. The van der Waals surface area contributed by atoms with Gasteiger partial charge >= 0.3 is 0 Å². The fourth-order valence-corrected chi connectivity index (χ4v) is 5.45. The highest BCUT2D eigenvalue weighted by Crippen LogP contribution is 2.49. The zero-order valence-electron chi connectivity index (χ0n) is 11.0. The number of rotatable bonds is 4. The van der Waals surface area contributed by atoms with Crippen molar-refractivity contribution >= 4 is 17.8 Å². The first kappa shape index (κ1) is 12.7. The van der Waals surface area contributed by atoms with Crippen molar-refractivity contribution < 1.29 is 9.30 Å². The average Bonchev–Trinajstić information content (AvgIpc) is 3.18. The molecule has 3 heteroatoms. The van der Waals surface area contributed by atoms with Gasteiger partial charge in [-0.15, -0.1) is 0 Å². The number of epoxide rings is 1. The summed E-state index contributed by atoms with van der Waals surface area (Å²) in [6, 6.07) is 19.5. The fraction of sp³-hybridized carbons (Fsp3) is 0.250. The minimum atomic E-state index is -2.61. The molecule has 0 bridgehead atoms. The van der Waals surface area contributed by atoms with E-state index in [9.17, 15) is 4.57 Å². The van der Waals surface area contributed by atoms with Crippen LogP contribution in [0.3, 0.4) is 0 Å².